The van der Waals surface area contributed by atoms with Crippen LogP contribution in [-0.2, 0) is 0 Å². The molecule has 2 fully saturated rings. The van der Waals surface area contributed by atoms with Gasteiger partial charge >= 0.3 is 0 Å². The largest absolute Gasteiger partial charge is 0.497 e. The van der Waals surface area contributed by atoms with E-state index in [1.165, 1.54) is 54.5 Å². The van der Waals surface area contributed by atoms with Crippen molar-refractivity contribution in [2.75, 3.05) is 46.4 Å². The van der Waals surface area contributed by atoms with E-state index in [0.29, 0.717) is 12.0 Å². The number of benzene rings is 3. The number of piperidine rings is 1. The van der Waals surface area contributed by atoms with Crippen molar-refractivity contribution in [1.82, 2.24) is 5.32 Å². The fourth-order valence-electron chi connectivity index (χ4n) is 5.25. The van der Waals surface area contributed by atoms with Gasteiger partial charge in [0.25, 0.3) is 0 Å². The summed E-state index contributed by atoms with van der Waals surface area (Å²) in [6.45, 7) is 6.11. The Balaban J connectivity index is 0.000000186. The fraction of sp³-hybridized carbons (Fsp3) is 0.394. The molecule has 0 unspecified atom stereocenters. The summed E-state index contributed by atoms with van der Waals surface area (Å²) < 4.78 is 16.4. The summed E-state index contributed by atoms with van der Waals surface area (Å²) in [4.78, 5) is 2.38. The lowest BCUT2D eigenvalue weighted by atomic mass is 9.78. The monoisotopic (exact) mass is 514 g/mol. The lowest BCUT2D eigenvalue weighted by Gasteiger charge is -2.33. The highest BCUT2D eigenvalue weighted by Gasteiger charge is 2.26. The Morgan fingerprint density at radius 3 is 2.16 bits per heavy atom. The van der Waals surface area contributed by atoms with Crippen LogP contribution in [0, 0.1) is 0 Å². The van der Waals surface area contributed by atoms with Crippen LogP contribution in [-0.4, -0.2) is 47.5 Å². The number of methoxy groups -OCH3 is 3. The minimum absolute atomic E-state index is 0.589. The van der Waals surface area contributed by atoms with Crippen LogP contribution in [0.3, 0.4) is 0 Å². The topological polar surface area (TPSA) is 43.0 Å². The quantitative estimate of drug-likeness (QED) is 0.345. The number of rotatable bonds is 8. The SMILES string of the molecule is C=Cc1cccc(-c2cc(OC)c(OC)c(C3CCC3)c2)c1.COc1ccc(N(C)C2CCNCC2)cc1. The second kappa shape index (κ2) is 13.4. The Morgan fingerprint density at radius 1 is 0.842 bits per heavy atom. The Hall–Kier alpha value is -3.44. The maximum Gasteiger partial charge on any atom is 0.164 e. The zero-order valence-corrected chi connectivity index (χ0v) is 23.3. The minimum atomic E-state index is 0.589. The molecule has 2 aliphatic rings. The first-order chi connectivity index (χ1) is 18.6. The molecule has 0 spiro atoms. The van der Waals surface area contributed by atoms with Crippen LogP contribution in [0.2, 0.25) is 0 Å². The Labute approximate surface area is 228 Å². The van der Waals surface area contributed by atoms with Crippen LogP contribution >= 0.6 is 0 Å². The van der Waals surface area contributed by atoms with Gasteiger partial charge in [0, 0.05) is 24.3 Å². The molecule has 1 N–H and O–H groups in total. The van der Waals surface area contributed by atoms with Gasteiger partial charge in [-0.2, -0.15) is 0 Å². The van der Waals surface area contributed by atoms with E-state index in [0.717, 1.165) is 35.9 Å². The highest BCUT2D eigenvalue weighted by Crippen LogP contribution is 2.46. The predicted molar refractivity (Wildman–Crippen MR) is 159 cm³/mol. The van der Waals surface area contributed by atoms with Crippen molar-refractivity contribution in [2.45, 2.75) is 44.1 Å². The van der Waals surface area contributed by atoms with E-state index < -0.39 is 0 Å². The van der Waals surface area contributed by atoms with E-state index in [1.54, 1.807) is 21.3 Å². The maximum atomic E-state index is 5.62. The van der Waals surface area contributed by atoms with Gasteiger partial charge in [0.05, 0.1) is 21.3 Å². The lowest BCUT2D eigenvalue weighted by Crippen LogP contribution is -2.41. The Bertz CT molecular complexity index is 1180. The molecule has 1 aliphatic heterocycles. The molecule has 3 aromatic rings. The second-order valence-electron chi connectivity index (χ2n) is 10.0. The first-order valence-corrected chi connectivity index (χ1v) is 13.6. The molecule has 0 radical (unpaired) electrons. The van der Waals surface area contributed by atoms with Crippen molar-refractivity contribution in [2.24, 2.45) is 0 Å². The van der Waals surface area contributed by atoms with Gasteiger partial charge in [-0.25, -0.2) is 0 Å². The molecule has 1 heterocycles. The van der Waals surface area contributed by atoms with Crippen LogP contribution in [0.25, 0.3) is 17.2 Å². The lowest BCUT2D eigenvalue weighted by molar-refractivity contribution is 0.337. The summed E-state index contributed by atoms with van der Waals surface area (Å²) in [7, 11) is 7.30. The number of hydrogen-bond acceptors (Lipinski definition) is 5. The van der Waals surface area contributed by atoms with Gasteiger partial charge in [-0.1, -0.05) is 37.3 Å². The van der Waals surface area contributed by atoms with Gasteiger partial charge in [0.1, 0.15) is 5.75 Å². The molecule has 1 saturated carbocycles. The van der Waals surface area contributed by atoms with Crippen molar-refractivity contribution >= 4 is 11.8 Å². The van der Waals surface area contributed by atoms with E-state index in [2.05, 4.69) is 72.4 Å². The Morgan fingerprint density at radius 2 is 1.58 bits per heavy atom. The molecule has 202 valence electrons. The highest BCUT2D eigenvalue weighted by atomic mass is 16.5. The molecule has 0 amide bonds. The van der Waals surface area contributed by atoms with Crippen molar-refractivity contribution < 1.29 is 14.2 Å². The standard InChI is InChI=1S/C20H22O2.C13H20N2O/c1-4-14-7-5-10-16(11-14)17-12-18(15-8-6-9-15)20(22-3)19(13-17)21-2;1-15(12-7-9-14-10-8-12)11-3-5-13(16-2)6-4-11/h4-5,7,10-13,15H,1,6,8-9H2,2-3H3;3-6,12,14H,7-10H2,1-2H3. The van der Waals surface area contributed by atoms with Crippen molar-refractivity contribution in [3.8, 4) is 28.4 Å². The third-order valence-corrected chi connectivity index (χ3v) is 7.84. The predicted octanol–water partition coefficient (Wildman–Crippen LogP) is 7.16. The van der Waals surface area contributed by atoms with Crippen LogP contribution in [0.5, 0.6) is 17.2 Å². The molecular weight excluding hydrogens is 472 g/mol. The third-order valence-electron chi connectivity index (χ3n) is 7.84. The van der Waals surface area contributed by atoms with E-state index in [1.807, 2.05) is 18.2 Å². The molecule has 5 heteroatoms. The number of nitrogens with zero attached hydrogens (tertiary/aromatic N) is 1. The van der Waals surface area contributed by atoms with Crippen LogP contribution < -0.4 is 24.4 Å². The maximum absolute atomic E-state index is 5.62. The average molecular weight is 515 g/mol. The van der Waals surface area contributed by atoms with E-state index >= 15 is 0 Å². The molecular formula is C33H42N2O3. The summed E-state index contributed by atoms with van der Waals surface area (Å²) in [5.74, 6) is 3.20. The van der Waals surface area contributed by atoms with Gasteiger partial charge in [-0.05, 0) is 104 Å². The second-order valence-corrected chi connectivity index (χ2v) is 10.0. The van der Waals surface area contributed by atoms with Gasteiger partial charge in [0.2, 0.25) is 0 Å². The summed E-state index contributed by atoms with van der Waals surface area (Å²) in [5, 5.41) is 3.39. The van der Waals surface area contributed by atoms with Crippen LogP contribution in [0.1, 0.15) is 49.1 Å². The molecule has 5 nitrogen and oxygen atoms in total. The zero-order valence-electron chi connectivity index (χ0n) is 23.3. The fourth-order valence-corrected chi connectivity index (χ4v) is 5.25. The van der Waals surface area contributed by atoms with E-state index in [9.17, 15) is 0 Å². The normalized spacial score (nSPS) is 15.5. The zero-order chi connectivity index (χ0) is 26.9. The summed E-state index contributed by atoms with van der Waals surface area (Å²) in [5.41, 5.74) is 6.01. The first-order valence-electron chi connectivity index (χ1n) is 13.6. The van der Waals surface area contributed by atoms with Crippen LogP contribution in [0.4, 0.5) is 5.69 Å². The van der Waals surface area contributed by atoms with Crippen molar-refractivity contribution in [1.29, 1.82) is 0 Å². The number of ether oxygens (including phenoxy) is 3. The van der Waals surface area contributed by atoms with Crippen molar-refractivity contribution in [3.63, 3.8) is 0 Å². The number of anilines is 1. The molecule has 3 aromatic carbocycles. The van der Waals surface area contributed by atoms with Crippen LogP contribution in [0.15, 0.2) is 67.2 Å². The van der Waals surface area contributed by atoms with Gasteiger partial charge in [0.15, 0.2) is 11.5 Å². The summed E-state index contributed by atoms with van der Waals surface area (Å²) in [6, 6.07) is 21.7. The van der Waals surface area contributed by atoms with Gasteiger partial charge in [-0.15, -0.1) is 0 Å². The average Bonchev–Trinajstić information content (AvgIpc) is 2.96. The minimum Gasteiger partial charge on any atom is -0.497 e. The highest BCUT2D eigenvalue weighted by molar-refractivity contribution is 5.72. The molecule has 5 rings (SSSR count). The molecule has 0 atom stereocenters. The number of nitrogens with one attached hydrogen (secondary N) is 1. The van der Waals surface area contributed by atoms with Gasteiger partial charge < -0.3 is 24.4 Å². The molecule has 38 heavy (non-hydrogen) atoms. The summed E-state index contributed by atoms with van der Waals surface area (Å²) in [6.07, 6.45) is 8.08. The molecule has 1 aliphatic carbocycles. The first kappa shape index (κ1) is 27.6. The van der Waals surface area contributed by atoms with E-state index in [4.69, 9.17) is 14.2 Å². The molecule has 0 aromatic heterocycles. The number of hydrogen-bond donors (Lipinski definition) is 1. The molecule has 0 bridgehead atoms. The van der Waals surface area contributed by atoms with Crippen molar-refractivity contribution in [3.05, 3.63) is 78.4 Å². The Kier molecular flexibility index (Phi) is 9.72. The summed E-state index contributed by atoms with van der Waals surface area (Å²) >= 11 is 0. The molecule has 1 saturated heterocycles. The van der Waals surface area contributed by atoms with Gasteiger partial charge in [-0.3, -0.25) is 0 Å². The third kappa shape index (κ3) is 6.51. The van der Waals surface area contributed by atoms with E-state index in [-0.39, 0.29) is 0 Å². The smallest absolute Gasteiger partial charge is 0.164 e.